The Morgan fingerprint density at radius 1 is 1.11 bits per heavy atom. The second kappa shape index (κ2) is 6.77. The summed E-state index contributed by atoms with van der Waals surface area (Å²) in [6, 6.07) is 0. The van der Waals surface area contributed by atoms with Crippen molar-refractivity contribution in [3.05, 3.63) is 0 Å². The number of hydrogen-bond acceptors (Lipinski definition) is 3. The molecule has 0 aliphatic carbocycles. The first-order valence-electron chi connectivity index (χ1n) is 6.01. The van der Waals surface area contributed by atoms with Gasteiger partial charge >= 0.3 is 12.1 Å². The molecule has 19 heavy (non-hydrogen) atoms. The van der Waals surface area contributed by atoms with E-state index in [2.05, 4.69) is 0 Å². The lowest BCUT2D eigenvalue weighted by Gasteiger charge is -2.23. The van der Waals surface area contributed by atoms with Gasteiger partial charge in [0.05, 0.1) is 6.42 Å². The van der Waals surface area contributed by atoms with Crippen molar-refractivity contribution in [1.82, 2.24) is 4.90 Å². The van der Waals surface area contributed by atoms with Gasteiger partial charge in [-0.3, -0.25) is 9.59 Å². The molecule has 0 fully saturated rings. The Morgan fingerprint density at radius 3 is 2.00 bits per heavy atom. The SMILES string of the molecule is CCN(CC(F)(F)F)C(=O)CCC(=O)OC(C)(C)C. The number of alkyl halides is 3. The summed E-state index contributed by atoms with van der Waals surface area (Å²) in [7, 11) is 0. The van der Waals surface area contributed by atoms with Gasteiger partial charge in [0.2, 0.25) is 5.91 Å². The first-order chi connectivity index (χ1) is 8.44. The Morgan fingerprint density at radius 2 is 1.63 bits per heavy atom. The van der Waals surface area contributed by atoms with Crippen LogP contribution in [0.4, 0.5) is 13.2 Å². The fraction of sp³-hybridized carbons (Fsp3) is 0.833. The zero-order chi connectivity index (χ0) is 15.3. The predicted molar refractivity (Wildman–Crippen MR) is 63.4 cm³/mol. The summed E-state index contributed by atoms with van der Waals surface area (Å²) >= 11 is 0. The maximum Gasteiger partial charge on any atom is 0.406 e. The van der Waals surface area contributed by atoms with E-state index in [1.165, 1.54) is 6.92 Å². The lowest BCUT2D eigenvalue weighted by Crippen LogP contribution is -2.39. The lowest BCUT2D eigenvalue weighted by atomic mass is 10.2. The maximum atomic E-state index is 12.2. The second-order valence-corrected chi connectivity index (χ2v) is 5.11. The standard InChI is InChI=1S/C12H20F3NO3/c1-5-16(8-12(13,14)15)9(17)6-7-10(18)19-11(2,3)4/h5-8H2,1-4H3. The minimum atomic E-state index is -4.43. The van der Waals surface area contributed by atoms with Crippen LogP contribution in [0.15, 0.2) is 0 Å². The van der Waals surface area contributed by atoms with E-state index in [1.807, 2.05) is 0 Å². The van der Waals surface area contributed by atoms with Crippen molar-refractivity contribution in [2.24, 2.45) is 0 Å². The number of nitrogens with zero attached hydrogens (tertiary/aromatic N) is 1. The summed E-state index contributed by atoms with van der Waals surface area (Å²) < 4.78 is 41.5. The van der Waals surface area contributed by atoms with Crippen LogP contribution >= 0.6 is 0 Å². The third-order valence-electron chi connectivity index (χ3n) is 2.07. The van der Waals surface area contributed by atoms with Crippen LogP contribution in [-0.2, 0) is 14.3 Å². The third-order valence-corrected chi connectivity index (χ3v) is 2.07. The fourth-order valence-electron chi connectivity index (χ4n) is 1.35. The molecular formula is C12H20F3NO3. The van der Waals surface area contributed by atoms with Crippen LogP contribution in [0.1, 0.15) is 40.5 Å². The zero-order valence-electron chi connectivity index (χ0n) is 11.6. The van der Waals surface area contributed by atoms with E-state index in [1.54, 1.807) is 20.8 Å². The molecule has 0 bridgehead atoms. The Hall–Kier alpha value is -1.27. The molecule has 0 aromatic heterocycles. The summed E-state index contributed by atoms with van der Waals surface area (Å²) in [6.45, 7) is 5.14. The van der Waals surface area contributed by atoms with E-state index in [0.29, 0.717) is 4.90 Å². The first-order valence-corrected chi connectivity index (χ1v) is 6.01. The van der Waals surface area contributed by atoms with Crippen LogP contribution in [0.5, 0.6) is 0 Å². The maximum absolute atomic E-state index is 12.2. The molecule has 0 saturated carbocycles. The molecule has 112 valence electrons. The van der Waals surface area contributed by atoms with Gasteiger partial charge in [-0.2, -0.15) is 13.2 Å². The Balaban J connectivity index is 4.25. The van der Waals surface area contributed by atoms with Gasteiger partial charge in [0.1, 0.15) is 12.1 Å². The monoisotopic (exact) mass is 283 g/mol. The highest BCUT2D eigenvalue weighted by Crippen LogP contribution is 2.17. The van der Waals surface area contributed by atoms with Gasteiger partial charge in [-0.1, -0.05) is 0 Å². The molecule has 0 spiro atoms. The topological polar surface area (TPSA) is 46.6 Å². The van der Waals surface area contributed by atoms with Gasteiger partial charge < -0.3 is 9.64 Å². The van der Waals surface area contributed by atoms with Crippen LogP contribution in [0.25, 0.3) is 0 Å². The summed E-state index contributed by atoms with van der Waals surface area (Å²) in [5.41, 5.74) is -0.670. The van der Waals surface area contributed by atoms with E-state index in [4.69, 9.17) is 4.74 Å². The van der Waals surface area contributed by atoms with E-state index in [9.17, 15) is 22.8 Å². The molecule has 0 saturated heterocycles. The van der Waals surface area contributed by atoms with Gasteiger partial charge in [0.15, 0.2) is 0 Å². The Bertz CT molecular complexity index is 321. The third kappa shape index (κ3) is 9.32. The average Bonchev–Trinajstić information content (AvgIpc) is 2.18. The Kier molecular flexibility index (Phi) is 6.32. The fourth-order valence-corrected chi connectivity index (χ4v) is 1.35. The second-order valence-electron chi connectivity index (χ2n) is 5.11. The molecule has 0 radical (unpaired) electrons. The molecule has 0 heterocycles. The molecule has 4 nitrogen and oxygen atoms in total. The molecule has 0 unspecified atom stereocenters. The Labute approximate surface area is 110 Å². The lowest BCUT2D eigenvalue weighted by molar-refractivity contribution is -0.163. The number of esters is 1. The van der Waals surface area contributed by atoms with Crippen molar-refractivity contribution in [2.75, 3.05) is 13.1 Å². The zero-order valence-corrected chi connectivity index (χ0v) is 11.6. The van der Waals surface area contributed by atoms with E-state index in [0.717, 1.165) is 0 Å². The molecular weight excluding hydrogens is 263 g/mol. The van der Waals surface area contributed by atoms with Crippen LogP contribution in [0.2, 0.25) is 0 Å². The highest BCUT2D eigenvalue weighted by Gasteiger charge is 2.32. The number of carbonyl (C=O) groups excluding carboxylic acids is 2. The quantitative estimate of drug-likeness (QED) is 0.728. The van der Waals surface area contributed by atoms with Gasteiger partial charge in [0, 0.05) is 13.0 Å². The van der Waals surface area contributed by atoms with Crippen molar-refractivity contribution in [1.29, 1.82) is 0 Å². The minimum Gasteiger partial charge on any atom is -0.460 e. The summed E-state index contributed by atoms with van der Waals surface area (Å²) in [4.78, 5) is 23.6. The largest absolute Gasteiger partial charge is 0.460 e. The minimum absolute atomic E-state index is 0.0489. The molecule has 0 rings (SSSR count). The smallest absolute Gasteiger partial charge is 0.406 e. The van der Waals surface area contributed by atoms with Crippen LogP contribution in [0.3, 0.4) is 0 Å². The van der Waals surface area contributed by atoms with Gasteiger partial charge in [-0.05, 0) is 27.7 Å². The molecule has 0 aromatic carbocycles. The molecule has 1 amide bonds. The predicted octanol–water partition coefficient (Wildman–Crippen LogP) is 2.52. The number of rotatable bonds is 5. The molecule has 0 aliphatic rings. The molecule has 0 atom stereocenters. The van der Waals surface area contributed by atoms with Gasteiger partial charge in [-0.15, -0.1) is 0 Å². The number of carbonyl (C=O) groups is 2. The van der Waals surface area contributed by atoms with E-state index in [-0.39, 0.29) is 19.4 Å². The van der Waals surface area contributed by atoms with Crippen LogP contribution in [0, 0.1) is 0 Å². The number of halogens is 3. The summed E-state index contributed by atoms with van der Waals surface area (Å²) in [6.07, 6.45) is -4.93. The normalized spacial score (nSPS) is 12.2. The summed E-state index contributed by atoms with van der Waals surface area (Å²) in [5, 5.41) is 0. The molecule has 7 heteroatoms. The van der Waals surface area contributed by atoms with Gasteiger partial charge in [-0.25, -0.2) is 0 Å². The number of amides is 1. The van der Waals surface area contributed by atoms with E-state index >= 15 is 0 Å². The number of ether oxygens (including phenoxy) is 1. The first kappa shape index (κ1) is 17.7. The van der Waals surface area contributed by atoms with Crippen molar-refractivity contribution >= 4 is 11.9 Å². The molecule has 0 N–H and O–H groups in total. The average molecular weight is 283 g/mol. The van der Waals surface area contributed by atoms with Crippen molar-refractivity contribution in [3.8, 4) is 0 Å². The van der Waals surface area contributed by atoms with Crippen molar-refractivity contribution < 1.29 is 27.5 Å². The highest BCUT2D eigenvalue weighted by molar-refractivity contribution is 5.81. The highest BCUT2D eigenvalue weighted by atomic mass is 19.4. The molecule has 0 aromatic rings. The number of hydrogen-bond donors (Lipinski definition) is 0. The van der Waals surface area contributed by atoms with Crippen molar-refractivity contribution in [2.45, 2.75) is 52.3 Å². The van der Waals surface area contributed by atoms with E-state index < -0.39 is 30.2 Å². The van der Waals surface area contributed by atoms with Crippen LogP contribution in [-0.4, -0.2) is 41.6 Å². The van der Waals surface area contributed by atoms with Gasteiger partial charge in [0.25, 0.3) is 0 Å². The van der Waals surface area contributed by atoms with Crippen molar-refractivity contribution in [3.63, 3.8) is 0 Å². The summed E-state index contributed by atoms with van der Waals surface area (Å²) in [5.74, 6) is -1.30. The molecule has 0 aliphatic heterocycles. The van der Waals surface area contributed by atoms with Crippen LogP contribution < -0.4 is 0 Å².